The van der Waals surface area contributed by atoms with E-state index in [1.165, 1.54) is 12.1 Å². The van der Waals surface area contributed by atoms with Gasteiger partial charge in [0, 0.05) is 6.04 Å². The summed E-state index contributed by atoms with van der Waals surface area (Å²) >= 11 is 6.17. The van der Waals surface area contributed by atoms with Crippen LogP contribution < -0.4 is 10.1 Å². The van der Waals surface area contributed by atoms with Gasteiger partial charge in [-0.1, -0.05) is 25.0 Å². The van der Waals surface area contributed by atoms with Crippen LogP contribution in [0.15, 0.2) is 24.3 Å². The number of benzene rings is 1. The van der Waals surface area contributed by atoms with E-state index in [2.05, 4.69) is 10.1 Å². The summed E-state index contributed by atoms with van der Waals surface area (Å²) in [6.45, 7) is -2.96. The Balaban J connectivity index is 2.08. The molecule has 2 rings (SSSR count). The van der Waals surface area contributed by atoms with Gasteiger partial charge in [-0.3, -0.25) is 4.79 Å². The molecular formula is C14H16ClF2NO2. The fraction of sp³-hybridized carbons (Fsp3) is 0.500. The van der Waals surface area contributed by atoms with Crippen molar-refractivity contribution < 1.29 is 18.3 Å². The van der Waals surface area contributed by atoms with Gasteiger partial charge in [-0.25, -0.2) is 0 Å². The number of halogens is 3. The Morgan fingerprint density at radius 1 is 1.30 bits per heavy atom. The number of para-hydroxylation sites is 1. The predicted molar refractivity (Wildman–Crippen MR) is 72.4 cm³/mol. The molecule has 6 heteroatoms. The van der Waals surface area contributed by atoms with Crippen LogP contribution in [0.4, 0.5) is 8.78 Å². The first kappa shape index (κ1) is 15.0. The number of carbonyl (C=O) groups excluding carboxylic acids is 1. The molecule has 1 fully saturated rings. The maximum atomic E-state index is 12.3. The number of rotatable bonds is 4. The Morgan fingerprint density at radius 2 is 2.00 bits per heavy atom. The van der Waals surface area contributed by atoms with E-state index in [0.717, 1.165) is 25.7 Å². The normalized spacial score (nSPS) is 22.6. The van der Waals surface area contributed by atoms with Gasteiger partial charge in [0.1, 0.15) is 5.75 Å². The Hall–Kier alpha value is -1.36. The van der Waals surface area contributed by atoms with Gasteiger partial charge in [-0.15, -0.1) is 11.6 Å². The zero-order valence-electron chi connectivity index (χ0n) is 10.8. The molecule has 110 valence electrons. The number of hydrogen-bond acceptors (Lipinski definition) is 2. The Labute approximate surface area is 121 Å². The van der Waals surface area contributed by atoms with Crippen molar-refractivity contribution in [1.82, 2.24) is 5.32 Å². The van der Waals surface area contributed by atoms with Gasteiger partial charge in [-0.05, 0) is 25.0 Å². The summed E-state index contributed by atoms with van der Waals surface area (Å²) in [5.41, 5.74) is 0.0993. The highest BCUT2D eigenvalue weighted by atomic mass is 35.5. The van der Waals surface area contributed by atoms with Crippen molar-refractivity contribution in [2.24, 2.45) is 0 Å². The molecule has 1 aromatic rings. The number of alkyl halides is 3. The Morgan fingerprint density at radius 3 is 2.70 bits per heavy atom. The third kappa shape index (κ3) is 3.82. The molecule has 3 nitrogen and oxygen atoms in total. The third-order valence-corrected chi connectivity index (χ3v) is 3.87. The van der Waals surface area contributed by atoms with Gasteiger partial charge in [0.15, 0.2) is 0 Å². The SMILES string of the molecule is O=C(NC1CCCCC1Cl)c1ccccc1OC(F)F. The number of amides is 1. The average molecular weight is 304 g/mol. The summed E-state index contributed by atoms with van der Waals surface area (Å²) in [6, 6.07) is 5.82. The summed E-state index contributed by atoms with van der Waals surface area (Å²) in [4.78, 5) is 12.2. The second-order valence-electron chi connectivity index (χ2n) is 4.76. The molecule has 2 atom stereocenters. The fourth-order valence-corrected chi connectivity index (χ4v) is 2.69. The van der Waals surface area contributed by atoms with Crippen LogP contribution in [-0.2, 0) is 0 Å². The van der Waals surface area contributed by atoms with E-state index in [1.807, 2.05) is 0 Å². The van der Waals surface area contributed by atoms with Crippen LogP contribution in [0.3, 0.4) is 0 Å². The van der Waals surface area contributed by atoms with Gasteiger partial charge in [0.2, 0.25) is 0 Å². The van der Waals surface area contributed by atoms with E-state index in [-0.39, 0.29) is 22.7 Å². The maximum absolute atomic E-state index is 12.3. The summed E-state index contributed by atoms with van der Waals surface area (Å²) in [7, 11) is 0. The molecule has 1 amide bonds. The van der Waals surface area contributed by atoms with Crippen molar-refractivity contribution in [3.63, 3.8) is 0 Å². The zero-order chi connectivity index (χ0) is 14.5. The van der Waals surface area contributed by atoms with E-state index in [0.29, 0.717) is 0 Å². The van der Waals surface area contributed by atoms with Crippen molar-refractivity contribution in [2.75, 3.05) is 0 Å². The summed E-state index contributed by atoms with van der Waals surface area (Å²) in [5.74, 6) is -0.555. The van der Waals surface area contributed by atoms with Crippen molar-refractivity contribution >= 4 is 17.5 Å². The smallest absolute Gasteiger partial charge is 0.387 e. The lowest BCUT2D eigenvalue weighted by atomic mass is 9.94. The minimum Gasteiger partial charge on any atom is -0.434 e. The molecule has 0 bridgehead atoms. The van der Waals surface area contributed by atoms with Crippen LogP contribution in [0.2, 0.25) is 0 Å². The van der Waals surface area contributed by atoms with Gasteiger partial charge >= 0.3 is 6.61 Å². The molecule has 0 spiro atoms. The zero-order valence-corrected chi connectivity index (χ0v) is 11.6. The topological polar surface area (TPSA) is 38.3 Å². The molecular weight excluding hydrogens is 288 g/mol. The predicted octanol–water partition coefficient (Wildman–Crippen LogP) is 3.57. The number of ether oxygens (including phenoxy) is 1. The second-order valence-corrected chi connectivity index (χ2v) is 5.32. The van der Waals surface area contributed by atoms with E-state index in [9.17, 15) is 13.6 Å². The van der Waals surface area contributed by atoms with Crippen molar-refractivity contribution in [2.45, 2.75) is 43.7 Å². The standard InChI is InChI=1S/C14H16ClF2NO2/c15-10-6-2-3-7-11(10)18-13(19)9-5-1-4-8-12(9)20-14(16)17/h1,4-5,8,10-11,14H,2-3,6-7H2,(H,18,19). The first-order chi connectivity index (χ1) is 9.58. The molecule has 0 aliphatic heterocycles. The number of nitrogens with one attached hydrogen (secondary N) is 1. The molecule has 1 aliphatic rings. The average Bonchev–Trinajstić information content (AvgIpc) is 2.41. The minimum atomic E-state index is -2.96. The lowest BCUT2D eigenvalue weighted by molar-refractivity contribution is -0.0501. The van der Waals surface area contributed by atoms with Crippen LogP contribution in [0.1, 0.15) is 36.0 Å². The summed E-state index contributed by atoms with van der Waals surface area (Å²) in [6.07, 6.45) is 3.70. The first-order valence-corrected chi connectivity index (χ1v) is 7.00. The molecule has 2 unspecified atom stereocenters. The highest BCUT2D eigenvalue weighted by Crippen LogP contribution is 2.25. The number of hydrogen-bond donors (Lipinski definition) is 1. The summed E-state index contributed by atoms with van der Waals surface area (Å²) in [5, 5.41) is 2.69. The van der Waals surface area contributed by atoms with Crippen LogP contribution in [0, 0.1) is 0 Å². The molecule has 1 saturated carbocycles. The van der Waals surface area contributed by atoms with Crippen LogP contribution in [-0.4, -0.2) is 23.9 Å². The number of carbonyl (C=O) groups is 1. The molecule has 1 aromatic carbocycles. The van der Waals surface area contributed by atoms with Crippen LogP contribution in [0.25, 0.3) is 0 Å². The van der Waals surface area contributed by atoms with E-state index >= 15 is 0 Å². The lowest BCUT2D eigenvalue weighted by Gasteiger charge is -2.28. The van der Waals surface area contributed by atoms with Crippen LogP contribution in [0.5, 0.6) is 5.75 Å². The molecule has 0 heterocycles. The second kappa shape index (κ2) is 6.88. The fourth-order valence-electron chi connectivity index (χ4n) is 2.35. The van der Waals surface area contributed by atoms with Gasteiger partial charge < -0.3 is 10.1 Å². The largest absolute Gasteiger partial charge is 0.434 e. The van der Waals surface area contributed by atoms with Crippen molar-refractivity contribution in [3.05, 3.63) is 29.8 Å². The summed E-state index contributed by atoms with van der Waals surface area (Å²) < 4.78 is 29.0. The molecule has 1 aliphatic carbocycles. The molecule has 0 aromatic heterocycles. The Kier molecular flexibility index (Phi) is 5.17. The van der Waals surface area contributed by atoms with Gasteiger partial charge in [0.05, 0.1) is 10.9 Å². The highest BCUT2D eigenvalue weighted by Gasteiger charge is 2.26. The third-order valence-electron chi connectivity index (χ3n) is 3.35. The maximum Gasteiger partial charge on any atom is 0.387 e. The van der Waals surface area contributed by atoms with E-state index < -0.39 is 12.5 Å². The molecule has 0 radical (unpaired) electrons. The van der Waals surface area contributed by atoms with Gasteiger partial charge in [0.25, 0.3) is 5.91 Å². The van der Waals surface area contributed by atoms with Gasteiger partial charge in [-0.2, -0.15) is 8.78 Å². The van der Waals surface area contributed by atoms with E-state index in [4.69, 9.17) is 11.6 Å². The lowest BCUT2D eigenvalue weighted by Crippen LogP contribution is -2.42. The highest BCUT2D eigenvalue weighted by molar-refractivity contribution is 6.21. The first-order valence-electron chi connectivity index (χ1n) is 6.56. The molecule has 20 heavy (non-hydrogen) atoms. The Bertz CT molecular complexity index is 470. The molecule has 1 N–H and O–H groups in total. The van der Waals surface area contributed by atoms with Crippen molar-refractivity contribution in [1.29, 1.82) is 0 Å². The molecule has 0 saturated heterocycles. The quantitative estimate of drug-likeness (QED) is 0.864. The monoisotopic (exact) mass is 303 g/mol. The van der Waals surface area contributed by atoms with Crippen molar-refractivity contribution in [3.8, 4) is 5.75 Å². The minimum absolute atomic E-state index is 0.0993. The van der Waals surface area contributed by atoms with E-state index in [1.54, 1.807) is 12.1 Å². The van der Waals surface area contributed by atoms with Crippen LogP contribution >= 0.6 is 11.6 Å².